The van der Waals surface area contributed by atoms with Crippen molar-refractivity contribution >= 4 is 42.9 Å². The van der Waals surface area contributed by atoms with Gasteiger partial charge in [0.25, 0.3) is 10.1 Å². The molecule has 0 aliphatic rings. The van der Waals surface area contributed by atoms with Gasteiger partial charge in [0, 0.05) is 23.2 Å². The topological polar surface area (TPSA) is 196 Å². The normalized spacial score (nSPS) is 11.8. The van der Waals surface area contributed by atoms with Crippen LogP contribution in [0.4, 0.5) is 5.69 Å². The Bertz CT molecular complexity index is 1330. The van der Waals surface area contributed by atoms with E-state index in [4.69, 9.17) is 0 Å². The van der Waals surface area contributed by atoms with E-state index in [1.54, 1.807) is 12.1 Å². The molecule has 3 rings (SSSR count). The summed E-state index contributed by atoms with van der Waals surface area (Å²) in [4.78, 5) is 2.63. The fourth-order valence-corrected chi connectivity index (χ4v) is 3.61. The van der Waals surface area contributed by atoms with Crippen molar-refractivity contribution in [3.8, 4) is 11.5 Å². The quantitative estimate of drug-likeness (QED) is 0.232. The van der Waals surface area contributed by atoms with Crippen LogP contribution >= 0.6 is 0 Å². The molecule has 0 spiro atoms. The van der Waals surface area contributed by atoms with Gasteiger partial charge in [0.15, 0.2) is 0 Å². The van der Waals surface area contributed by atoms with E-state index < -0.39 is 35.8 Å². The van der Waals surface area contributed by atoms with Gasteiger partial charge in [-0.1, -0.05) is 12.1 Å². The molecule has 0 aromatic heterocycles. The molecule has 5 N–H and O–H groups in total. The van der Waals surface area contributed by atoms with E-state index in [0.29, 0.717) is 0 Å². The number of hydrogen-bond donors (Lipinski definition) is 3. The van der Waals surface area contributed by atoms with Crippen LogP contribution in [0.2, 0.25) is 0 Å². The molecule has 0 aliphatic heterocycles. The predicted octanol–water partition coefficient (Wildman–Crippen LogP) is -1.67. The minimum atomic E-state index is -4.94. The van der Waals surface area contributed by atoms with Crippen molar-refractivity contribution in [2.75, 3.05) is 0 Å². The molecule has 3 aromatic rings. The summed E-state index contributed by atoms with van der Waals surface area (Å²) in [5.74, 6) is -0.717. The van der Waals surface area contributed by atoms with Crippen molar-refractivity contribution in [1.82, 2.24) is 0 Å². The molecular weight excluding hydrogens is 449 g/mol. The number of phenolic OH excluding ortho intramolecular Hbond substituents is 2. The number of para-hydroxylation sites is 1. The fourth-order valence-electron chi connectivity index (χ4n) is 2.55. The zero-order chi connectivity index (χ0) is 20.7. The molecule has 3 aromatic carbocycles. The average molecular weight is 463 g/mol. The molecule has 0 bridgehead atoms. The Kier molecular flexibility index (Phi) is 8.16. The Labute approximate surface area is 193 Å². The maximum atomic E-state index is 11.4. The van der Waals surface area contributed by atoms with Gasteiger partial charge < -0.3 is 20.2 Å². The van der Waals surface area contributed by atoms with Crippen LogP contribution in [-0.4, -0.2) is 47.8 Å². The van der Waals surface area contributed by atoms with Crippen molar-refractivity contribution in [3.63, 3.8) is 0 Å². The summed E-state index contributed by atoms with van der Waals surface area (Å²) in [6.07, 6.45) is 1.18. The molecule has 0 radical (unpaired) electrons. The molecule has 0 atom stereocenters. The third-order valence-corrected chi connectivity index (χ3v) is 5.46. The zero-order valence-corrected chi connectivity index (χ0v) is 19.0. The van der Waals surface area contributed by atoms with E-state index >= 15 is 0 Å². The molecule has 0 saturated heterocycles. The number of rotatable bonds is 4. The summed E-state index contributed by atoms with van der Waals surface area (Å²) in [6, 6.07) is 9.56. The molecule has 0 amide bonds. The Morgan fingerprint density at radius 1 is 0.900 bits per heavy atom. The summed E-state index contributed by atoms with van der Waals surface area (Å²) in [7, 11) is -9.63. The number of benzene rings is 3. The van der Waals surface area contributed by atoms with Gasteiger partial charge in [-0.05, 0) is 35.7 Å². The molecule has 0 heterocycles. The van der Waals surface area contributed by atoms with Crippen LogP contribution in [0.15, 0.2) is 63.3 Å². The van der Waals surface area contributed by atoms with E-state index in [-0.39, 0.29) is 62.8 Å². The average Bonchev–Trinajstić information content (AvgIpc) is 2.58. The standard InChI is InChI=1S/C17H13NO8S2.Na.H2O/c19-15-4-2-1-3-10(15)9-18-14-7-12(27(21,22)23)5-11-6-13(28(24,25)26)8-16(20)17(11)14;;/h1-9,19-20H,(H,21,22,23)(H,24,25,26);;1H2/q;+1;/p-1. The van der Waals surface area contributed by atoms with Crippen LogP contribution in [0, 0.1) is 0 Å². The van der Waals surface area contributed by atoms with Crippen LogP contribution in [0.3, 0.4) is 0 Å². The van der Waals surface area contributed by atoms with Crippen LogP contribution in [0.25, 0.3) is 10.8 Å². The van der Waals surface area contributed by atoms with Crippen LogP contribution in [-0.2, 0) is 20.2 Å². The zero-order valence-electron chi connectivity index (χ0n) is 15.3. The van der Waals surface area contributed by atoms with Crippen LogP contribution < -0.4 is 29.6 Å². The van der Waals surface area contributed by atoms with Gasteiger partial charge in [-0.25, -0.2) is 8.42 Å². The van der Waals surface area contributed by atoms with Crippen molar-refractivity contribution in [3.05, 3.63) is 54.1 Å². The number of aromatic hydroxyl groups is 2. The van der Waals surface area contributed by atoms with Gasteiger partial charge in [0.1, 0.15) is 21.6 Å². The third-order valence-electron chi connectivity index (χ3n) is 3.82. The van der Waals surface area contributed by atoms with Crippen molar-refractivity contribution in [1.29, 1.82) is 0 Å². The number of nitrogens with zero attached hydrogens (tertiary/aromatic N) is 1. The van der Waals surface area contributed by atoms with Gasteiger partial charge in [-0.3, -0.25) is 9.55 Å². The molecule has 10 nitrogen and oxygen atoms in total. The summed E-state index contributed by atoms with van der Waals surface area (Å²) in [6.45, 7) is 0. The Hall–Kier alpha value is -2.03. The first kappa shape index (κ1) is 26.0. The van der Waals surface area contributed by atoms with Gasteiger partial charge in [0.2, 0.25) is 0 Å². The second-order valence-electron chi connectivity index (χ2n) is 5.73. The number of hydrogen-bond acceptors (Lipinski definition) is 8. The summed E-state index contributed by atoms with van der Waals surface area (Å²) in [5.41, 5.74) is 0.120. The van der Waals surface area contributed by atoms with Crippen molar-refractivity contribution < 1.29 is 71.2 Å². The van der Waals surface area contributed by atoms with E-state index in [2.05, 4.69) is 4.99 Å². The summed E-state index contributed by atoms with van der Waals surface area (Å²) < 4.78 is 66.2. The maximum absolute atomic E-state index is 11.4. The second kappa shape index (κ2) is 9.41. The van der Waals surface area contributed by atoms with E-state index in [1.807, 2.05) is 0 Å². The molecule has 0 unspecified atom stereocenters. The minimum Gasteiger partial charge on any atom is -0.744 e. The monoisotopic (exact) mass is 463 g/mol. The number of phenols is 2. The van der Waals surface area contributed by atoms with Gasteiger partial charge >= 0.3 is 29.6 Å². The molecule has 154 valence electrons. The first-order valence-electron chi connectivity index (χ1n) is 7.53. The van der Waals surface area contributed by atoms with Gasteiger partial charge in [0.05, 0.1) is 15.5 Å². The van der Waals surface area contributed by atoms with E-state index in [9.17, 15) is 36.2 Å². The van der Waals surface area contributed by atoms with Gasteiger partial charge in [-0.15, -0.1) is 0 Å². The maximum Gasteiger partial charge on any atom is 1.00 e. The van der Waals surface area contributed by atoms with Crippen molar-refractivity contribution in [2.24, 2.45) is 4.99 Å². The number of aliphatic imine (C=N–C) groups is 1. The first-order valence-corrected chi connectivity index (χ1v) is 10.4. The summed E-state index contributed by atoms with van der Waals surface area (Å²) >= 11 is 0. The smallest absolute Gasteiger partial charge is 0.744 e. The molecule has 0 aliphatic carbocycles. The molecular formula is C17H14NNaO9S2. The summed E-state index contributed by atoms with van der Waals surface area (Å²) in [5, 5.41) is 19.8. The second-order valence-corrected chi connectivity index (χ2v) is 8.53. The minimum absolute atomic E-state index is 0. The van der Waals surface area contributed by atoms with Crippen LogP contribution in [0.1, 0.15) is 5.56 Å². The van der Waals surface area contributed by atoms with E-state index in [0.717, 1.165) is 24.3 Å². The fraction of sp³-hybridized carbons (Fsp3) is 0. The Balaban J connectivity index is 0.00000225. The van der Waals surface area contributed by atoms with Crippen molar-refractivity contribution in [2.45, 2.75) is 9.79 Å². The SMILES string of the molecule is O.O=S(=O)([O-])c1cc(N=Cc2ccccc2O)c2c(O)cc(S(=O)(=O)O)cc2c1.[Na+]. The van der Waals surface area contributed by atoms with Gasteiger partial charge in [-0.2, -0.15) is 8.42 Å². The van der Waals surface area contributed by atoms with E-state index in [1.165, 1.54) is 18.3 Å². The Morgan fingerprint density at radius 3 is 2.07 bits per heavy atom. The predicted molar refractivity (Wildman–Crippen MR) is 102 cm³/mol. The molecule has 13 heteroatoms. The molecule has 0 fully saturated rings. The third kappa shape index (κ3) is 5.56. The first-order chi connectivity index (χ1) is 13.0. The van der Waals surface area contributed by atoms with Crippen LogP contribution in [0.5, 0.6) is 11.5 Å². The molecule has 30 heavy (non-hydrogen) atoms. The number of fused-ring (bicyclic) bond motifs is 1. The largest absolute Gasteiger partial charge is 1.00 e. The Morgan fingerprint density at radius 2 is 1.50 bits per heavy atom. The molecule has 0 saturated carbocycles.